The molecule has 1 aromatic carbocycles. The van der Waals surface area contributed by atoms with Crippen molar-refractivity contribution in [2.45, 2.75) is 31.7 Å². The van der Waals surface area contributed by atoms with Crippen LogP contribution in [0.3, 0.4) is 0 Å². The van der Waals surface area contributed by atoms with Gasteiger partial charge in [0.1, 0.15) is 0 Å². The number of ketones is 1. The standard InChI is InChI=1S/C18H27N3O/c1-20-10-7-16(8-11-20)21(2)13-18(22)15-5-6-17-14(12-15)4-3-9-19-17/h5-6,12,16,19H,3-4,7-11,13H2,1-2H3. The van der Waals surface area contributed by atoms with Crippen LogP contribution in [0.5, 0.6) is 0 Å². The van der Waals surface area contributed by atoms with Gasteiger partial charge in [0, 0.05) is 23.8 Å². The molecule has 2 heterocycles. The van der Waals surface area contributed by atoms with Gasteiger partial charge in [-0.2, -0.15) is 0 Å². The first kappa shape index (κ1) is 15.5. The van der Waals surface area contributed by atoms with Gasteiger partial charge >= 0.3 is 0 Å². The van der Waals surface area contributed by atoms with E-state index in [1.807, 2.05) is 6.07 Å². The fourth-order valence-electron chi connectivity index (χ4n) is 3.53. The third-order valence-corrected chi connectivity index (χ3v) is 5.07. The smallest absolute Gasteiger partial charge is 0.176 e. The molecule has 2 aliphatic heterocycles. The molecule has 1 fully saturated rings. The Balaban J connectivity index is 1.61. The third kappa shape index (κ3) is 3.50. The Hall–Kier alpha value is -1.39. The average molecular weight is 301 g/mol. The van der Waals surface area contributed by atoms with E-state index in [-0.39, 0.29) is 5.78 Å². The molecule has 1 aromatic rings. The van der Waals surface area contributed by atoms with Crippen molar-refractivity contribution in [1.82, 2.24) is 9.80 Å². The normalized spacial score (nSPS) is 19.8. The van der Waals surface area contributed by atoms with Crippen LogP contribution in [0, 0.1) is 0 Å². The molecule has 3 rings (SSSR count). The molecule has 1 saturated heterocycles. The number of hydrogen-bond donors (Lipinski definition) is 1. The molecule has 0 bridgehead atoms. The van der Waals surface area contributed by atoms with E-state index in [4.69, 9.17) is 0 Å². The minimum atomic E-state index is 0.245. The first-order valence-corrected chi connectivity index (χ1v) is 8.42. The molecule has 0 aliphatic carbocycles. The van der Waals surface area contributed by atoms with Crippen molar-refractivity contribution in [2.24, 2.45) is 0 Å². The number of rotatable bonds is 4. The van der Waals surface area contributed by atoms with Gasteiger partial charge in [0.05, 0.1) is 6.54 Å². The number of fused-ring (bicyclic) bond motifs is 1. The highest BCUT2D eigenvalue weighted by atomic mass is 16.1. The highest BCUT2D eigenvalue weighted by Gasteiger charge is 2.22. The van der Waals surface area contributed by atoms with E-state index in [9.17, 15) is 4.79 Å². The summed E-state index contributed by atoms with van der Waals surface area (Å²) in [5, 5.41) is 3.40. The summed E-state index contributed by atoms with van der Waals surface area (Å²) < 4.78 is 0. The second-order valence-electron chi connectivity index (χ2n) is 6.77. The Bertz CT molecular complexity index is 535. The predicted octanol–water partition coefficient (Wildman–Crippen LogP) is 2.25. The maximum atomic E-state index is 12.6. The number of benzene rings is 1. The molecule has 22 heavy (non-hydrogen) atoms. The van der Waals surface area contributed by atoms with Crippen LogP contribution in [0.4, 0.5) is 5.69 Å². The number of hydrogen-bond acceptors (Lipinski definition) is 4. The van der Waals surface area contributed by atoms with E-state index in [0.717, 1.165) is 50.9 Å². The van der Waals surface area contributed by atoms with Crippen LogP contribution in [0.2, 0.25) is 0 Å². The Morgan fingerprint density at radius 1 is 1.36 bits per heavy atom. The van der Waals surface area contributed by atoms with Gasteiger partial charge < -0.3 is 10.2 Å². The number of likely N-dealkylation sites (tertiary alicyclic amines) is 1. The van der Waals surface area contributed by atoms with Crippen molar-refractivity contribution < 1.29 is 4.79 Å². The lowest BCUT2D eigenvalue weighted by Crippen LogP contribution is -2.43. The predicted molar refractivity (Wildman–Crippen MR) is 90.7 cm³/mol. The summed E-state index contributed by atoms with van der Waals surface area (Å²) >= 11 is 0. The van der Waals surface area contributed by atoms with Crippen LogP contribution in [0.25, 0.3) is 0 Å². The van der Waals surface area contributed by atoms with Gasteiger partial charge in [-0.05, 0) is 76.6 Å². The van der Waals surface area contributed by atoms with Gasteiger partial charge in [0.15, 0.2) is 5.78 Å². The Morgan fingerprint density at radius 3 is 2.91 bits per heavy atom. The molecule has 0 unspecified atom stereocenters. The van der Waals surface area contributed by atoms with Crippen LogP contribution in [-0.4, -0.2) is 61.9 Å². The van der Waals surface area contributed by atoms with Crippen LogP contribution in [0.15, 0.2) is 18.2 Å². The molecule has 2 aliphatic rings. The van der Waals surface area contributed by atoms with E-state index < -0.39 is 0 Å². The van der Waals surface area contributed by atoms with E-state index in [2.05, 4.69) is 41.3 Å². The summed E-state index contributed by atoms with van der Waals surface area (Å²) in [6.07, 6.45) is 4.55. The van der Waals surface area contributed by atoms with Crippen molar-refractivity contribution in [2.75, 3.05) is 45.6 Å². The maximum Gasteiger partial charge on any atom is 0.176 e. The zero-order chi connectivity index (χ0) is 15.5. The molecule has 1 N–H and O–H groups in total. The third-order valence-electron chi connectivity index (χ3n) is 5.07. The summed E-state index contributed by atoms with van der Waals surface area (Å²) in [4.78, 5) is 17.2. The van der Waals surface area contributed by atoms with Crippen LogP contribution >= 0.6 is 0 Å². The van der Waals surface area contributed by atoms with Crippen LogP contribution in [0.1, 0.15) is 35.2 Å². The molecule has 4 nitrogen and oxygen atoms in total. The Labute approximate surface area is 133 Å². The lowest BCUT2D eigenvalue weighted by molar-refractivity contribution is 0.0871. The zero-order valence-corrected chi connectivity index (χ0v) is 13.8. The van der Waals surface area contributed by atoms with E-state index >= 15 is 0 Å². The van der Waals surface area contributed by atoms with E-state index in [1.165, 1.54) is 11.3 Å². The van der Waals surface area contributed by atoms with E-state index in [1.54, 1.807) is 0 Å². The second-order valence-corrected chi connectivity index (χ2v) is 6.77. The number of anilines is 1. The second kappa shape index (κ2) is 6.80. The van der Waals surface area contributed by atoms with Crippen molar-refractivity contribution in [3.05, 3.63) is 29.3 Å². The van der Waals surface area contributed by atoms with Gasteiger partial charge in [0.25, 0.3) is 0 Å². The molecule has 0 atom stereocenters. The highest BCUT2D eigenvalue weighted by Crippen LogP contribution is 2.23. The van der Waals surface area contributed by atoms with Gasteiger partial charge in [0.2, 0.25) is 0 Å². The average Bonchev–Trinajstić information content (AvgIpc) is 2.55. The van der Waals surface area contributed by atoms with Gasteiger partial charge in [-0.15, -0.1) is 0 Å². The number of carbonyl (C=O) groups excluding carboxylic acids is 1. The highest BCUT2D eigenvalue weighted by molar-refractivity contribution is 5.98. The summed E-state index contributed by atoms with van der Waals surface area (Å²) in [5.41, 5.74) is 3.35. The summed E-state index contributed by atoms with van der Waals surface area (Å²) in [7, 11) is 4.26. The number of carbonyl (C=O) groups is 1. The molecule has 0 amide bonds. The first-order valence-electron chi connectivity index (χ1n) is 8.42. The number of nitrogens with one attached hydrogen (secondary N) is 1. The van der Waals surface area contributed by atoms with Crippen LogP contribution < -0.4 is 5.32 Å². The molecule has 4 heteroatoms. The fourth-order valence-corrected chi connectivity index (χ4v) is 3.53. The lowest BCUT2D eigenvalue weighted by atomic mass is 9.98. The molecule has 120 valence electrons. The number of Topliss-reactive ketones (excluding diaryl/α,β-unsaturated/α-hetero) is 1. The number of nitrogens with zero attached hydrogens (tertiary/aromatic N) is 2. The Morgan fingerprint density at radius 2 is 2.14 bits per heavy atom. The minimum Gasteiger partial charge on any atom is -0.385 e. The maximum absolute atomic E-state index is 12.6. The van der Waals surface area contributed by atoms with Crippen molar-refractivity contribution in [3.8, 4) is 0 Å². The van der Waals surface area contributed by atoms with Gasteiger partial charge in [-0.3, -0.25) is 9.69 Å². The largest absolute Gasteiger partial charge is 0.385 e. The fraction of sp³-hybridized carbons (Fsp3) is 0.611. The summed E-state index contributed by atoms with van der Waals surface area (Å²) in [5.74, 6) is 0.245. The monoisotopic (exact) mass is 301 g/mol. The van der Waals surface area contributed by atoms with Crippen molar-refractivity contribution in [1.29, 1.82) is 0 Å². The summed E-state index contributed by atoms with van der Waals surface area (Å²) in [6, 6.07) is 6.67. The minimum absolute atomic E-state index is 0.245. The van der Waals surface area contributed by atoms with Crippen molar-refractivity contribution >= 4 is 11.5 Å². The van der Waals surface area contributed by atoms with Gasteiger partial charge in [-0.1, -0.05) is 0 Å². The number of aryl methyl sites for hydroxylation is 1. The molecular weight excluding hydrogens is 274 g/mol. The lowest BCUT2D eigenvalue weighted by Gasteiger charge is -2.34. The zero-order valence-electron chi connectivity index (χ0n) is 13.8. The number of likely N-dealkylation sites (N-methyl/N-ethyl adjacent to an activating group) is 1. The molecule has 0 radical (unpaired) electrons. The summed E-state index contributed by atoms with van der Waals surface area (Å²) in [6.45, 7) is 3.83. The molecule has 0 saturated carbocycles. The quantitative estimate of drug-likeness (QED) is 0.865. The van der Waals surface area contributed by atoms with Crippen molar-refractivity contribution in [3.63, 3.8) is 0 Å². The topological polar surface area (TPSA) is 35.6 Å². The SMILES string of the molecule is CN1CCC(N(C)CC(=O)c2ccc3c(c2)CCCN3)CC1. The molecule has 0 aromatic heterocycles. The van der Waals surface area contributed by atoms with Gasteiger partial charge in [-0.25, -0.2) is 0 Å². The first-order chi connectivity index (χ1) is 10.6. The van der Waals surface area contributed by atoms with Crippen LogP contribution in [-0.2, 0) is 6.42 Å². The molecular formula is C18H27N3O. The molecule has 0 spiro atoms. The van der Waals surface area contributed by atoms with E-state index in [0.29, 0.717) is 12.6 Å². The number of piperidine rings is 1. The Kier molecular flexibility index (Phi) is 4.79.